The third-order valence-electron chi connectivity index (χ3n) is 3.44. The van der Waals surface area contributed by atoms with Crippen LogP contribution >= 0.6 is 11.3 Å². The summed E-state index contributed by atoms with van der Waals surface area (Å²) in [7, 11) is 0. The van der Waals surface area contributed by atoms with Gasteiger partial charge in [0, 0.05) is 18.0 Å². The van der Waals surface area contributed by atoms with Crippen LogP contribution in [-0.4, -0.2) is 35.1 Å². The van der Waals surface area contributed by atoms with E-state index in [0.29, 0.717) is 26.1 Å². The van der Waals surface area contributed by atoms with Gasteiger partial charge in [-0.05, 0) is 29.9 Å². The van der Waals surface area contributed by atoms with Crippen molar-refractivity contribution in [1.29, 1.82) is 0 Å². The summed E-state index contributed by atoms with van der Waals surface area (Å²) in [6.45, 7) is 3.44. The Balaban J connectivity index is 1.84. The molecule has 1 fully saturated rings. The molecule has 2 N–H and O–H groups in total. The van der Waals surface area contributed by atoms with Crippen molar-refractivity contribution in [2.75, 3.05) is 13.1 Å². The van der Waals surface area contributed by atoms with Crippen LogP contribution < -0.4 is 5.32 Å². The molecule has 0 aromatic carbocycles. The maximum atomic E-state index is 11.9. The van der Waals surface area contributed by atoms with Gasteiger partial charge in [0.05, 0.1) is 12.5 Å². The number of carbonyl (C=O) groups is 2. The third-order valence-corrected chi connectivity index (χ3v) is 4.41. The molecule has 6 heteroatoms. The first kappa shape index (κ1) is 13.9. The first-order valence-corrected chi connectivity index (χ1v) is 7.30. The molecule has 2 amide bonds. The maximum Gasteiger partial charge on any atom is 0.317 e. The summed E-state index contributed by atoms with van der Waals surface area (Å²) in [4.78, 5) is 25.5. The average molecular weight is 282 g/mol. The Hall–Kier alpha value is -1.56. The van der Waals surface area contributed by atoms with Gasteiger partial charge in [-0.3, -0.25) is 4.79 Å². The number of nitrogens with one attached hydrogen (secondary N) is 1. The maximum absolute atomic E-state index is 11.9. The highest BCUT2D eigenvalue weighted by Gasteiger charge is 2.30. The Bertz CT molecular complexity index is 472. The molecular formula is C13H18N2O3S. The molecular weight excluding hydrogens is 264 g/mol. The zero-order chi connectivity index (χ0) is 13.8. The highest BCUT2D eigenvalue weighted by atomic mass is 32.1. The van der Waals surface area contributed by atoms with Crippen LogP contribution in [0.2, 0.25) is 0 Å². The molecule has 5 nitrogen and oxygen atoms in total. The Morgan fingerprint density at radius 1 is 1.58 bits per heavy atom. The van der Waals surface area contributed by atoms with Gasteiger partial charge in [-0.2, -0.15) is 0 Å². The van der Waals surface area contributed by atoms with E-state index in [1.807, 2.05) is 5.38 Å². The lowest BCUT2D eigenvalue weighted by molar-refractivity contribution is -0.141. The van der Waals surface area contributed by atoms with E-state index in [2.05, 4.69) is 18.3 Å². The summed E-state index contributed by atoms with van der Waals surface area (Å²) in [5.41, 5.74) is 1.26. The minimum atomic E-state index is -0.818. The second-order valence-electron chi connectivity index (χ2n) is 4.65. The van der Waals surface area contributed by atoms with Crippen molar-refractivity contribution in [3.8, 4) is 0 Å². The predicted octanol–water partition coefficient (Wildman–Crippen LogP) is 1.93. The van der Waals surface area contributed by atoms with Crippen molar-refractivity contribution in [2.45, 2.75) is 26.3 Å². The van der Waals surface area contributed by atoms with Crippen LogP contribution in [0.1, 0.15) is 23.8 Å². The number of thiophene rings is 1. The Morgan fingerprint density at radius 3 is 3.00 bits per heavy atom. The number of hydrogen-bond donors (Lipinski definition) is 2. The number of urea groups is 1. The standard InChI is InChI=1S/C13H18N2O3S/c1-2-9-4-6-19-11(9)7-14-13(18)15-5-3-10(8-15)12(16)17/h4,6,10H,2-3,5,7-8H2,1H3,(H,14,18)(H,16,17). The molecule has 1 aliphatic heterocycles. The second kappa shape index (κ2) is 6.06. The zero-order valence-electron chi connectivity index (χ0n) is 10.9. The van der Waals surface area contributed by atoms with Gasteiger partial charge in [0.2, 0.25) is 0 Å². The van der Waals surface area contributed by atoms with Gasteiger partial charge in [0.1, 0.15) is 0 Å². The summed E-state index contributed by atoms with van der Waals surface area (Å²) in [5, 5.41) is 13.8. The largest absolute Gasteiger partial charge is 0.481 e. The van der Waals surface area contributed by atoms with E-state index in [1.54, 1.807) is 16.2 Å². The van der Waals surface area contributed by atoms with Gasteiger partial charge in [-0.25, -0.2) is 4.79 Å². The fraction of sp³-hybridized carbons (Fsp3) is 0.538. The Labute approximate surface area is 116 Å². The summed E-state index contributed by atoms with van der Waals surface area (Å²) < 4.78 is 0. The van der Waals surface area contributed by atoms with Crippen molar-refractivity contribution in [2.24, 2.45) is 5.92 Å². The molecule has 1 saturated heterocycles. The van der Waals surface area contributed by atoms with Crippen LogP contribution in [0.25, 0.3) is 0 Å². The normalized spacial score (nSPS) is 18.6. The predicted molar refractivity (Wildman–Crippen MR) is 73.2 cm³/mol. The van der Waals surface area contributed by atoms with Crippen molar-refractivity contribution >= 4 is 23.3 Å². The molecule has 1 aromatic heterocycles. The van der Waals surface area contributed by atoms with Crippen molar-refractivity contribution in [3.63, 3.8) is 0 Å². The smallest absolute Gasteiger partial charge is 0.317 e. The number of likely N-dealkylation sites (tertiary alicyclic amines) is 1. The van der Waals surface area contributed by atoms with E-state index in [9.17, 15) is 9.59 Å². The molecule has 1 unspecified atom stereocenters. The van der Waals surface area contributed by atoms with Crippen molar-refractivity contribution < 1.29 is 14.7 Å². The molecule has 19 heavy (non-hydrogen) atoms. The minimum Gasteiger partial charge on any atom is -0.481 e. The monoisotopic (exact) mass is 282 g/mol. The number of rotatable bonds is 4. The van der Waals surface area contributed by atoms with E-state index in [-0.39, 0.29) is 6.03 Å². The first-order valence-electron chi connectivity index (χ1n) is 6.42. The molecule has 1 aliphatic rings. The van der Waals surface area contributed by atoms with Crippen LogP contribution in [0.3, 0.4) is 0 Å². The lowest BCUT2D eigenvalue weighted by Crippen LogP contribution is -2.38. The minimum absolute atomic E-state index is 0.167. The number of carboxylic acid groups (broad SMARTS) is 1. The molecule has 2 rings (SSSR count). The lowest BCUT2D eigenvalue weighted by atomic mass is 10.1. The van der Waals surface area contributed by atoms with Crippen molar-refractivity contribution in [3.05, 3.63) is 21.9 Å². The number of amides is 2. The fourth-order valence-electron chi connectivity index (χ4n) is 2.25. The van der Waals surface area contributed by atoms with E-state index in [1.165, 1.54) is 10.4 Å². The molecule has 0 saturated carbocycles. The fourth-order valence-corrected chi connectivity index (χ4v) is 3.17. The number of carbonyl (C=O) groups excluding carboxylic acids is 1. The van der Waals surface area contributed by atoms with Gasteiger partial charge in [0.25, 0.3) is 0 Å². The van der Waals surface area contributed by atoms with Crippen LogP contribution in [-0.2, 0) is 17.8 Å². The molecule has 0 bridgehead atoms. The molecule has 0 radical (unpaired) electrons. The van der Waals surface area contributed by atoms with Crippen LogP contribution in [0, 0.1) is 5.92 Å². The number of aryl methyl sites for hydroxylation is 1. The Morgan fingerprint density at radius 2 is 2.37 bits per heavy atom. The number of hydrogen-bond acceptors (Lipinski definition) is 3. The highest BCUT2D eigenvalue weighted by molar-refractivity contribution is 7.10. The molecule has 1 aromatic rings. The number of carboxylic acids is 1. The van der Waals surface area contributed by atoms with Gasteiger partial charge < -0.3 is 15.3 Å². The Kier molecular flexibility index (Phi) is 4.42. The van der Waals surface area contributed by atoms with Crippen molar-refractivity contribution in [1.82, 2.24) is 10.2 Å². The third kappa shape index (κ3) is 3.26. The van der Waals surface area contributed by atoms with E-state index < -0.39 is 11.9 Å². The summed E-state index contributed by atoms with van der Waals surface area (Å²) in [6, 6.07) is 1.90. The van der Waals surface area contributed by atoms with Gasteiger partial charge in [-0.15, -0.1) is 11.3 Å². The van der Waals surface area contributed by atoms with Crippen LogP contribution in [0.15, 0.2) is 11.4 Å². The van der Waals surface area contributed by atoms with E-state index in [0.717, 1.165) is 6.42 Å². The number of aliphatic carboxylic acids is 1. The average Bonchev–Trinajstić information content (AvgIpc) is 3.04. The highest BCUT2D eigenvalue weighted by Crippen LogP contribution is 2.18. The first-order chi connectivity index (χ1) is 9.11. The number of nitrogens with zero attached hydrogens (tertiary/aromatic N) is 1. The lowest BCUT2D eigenvalue weighted by Gasteiger charge is -2.16. The summed E-state index contributed by atoms with van der Waals surface area (Å²) >= 11 is 1.64. The molecule has 0 aliphatic carbocycles. The van der Waals surface area contributed by atoms with Gasteiger partial charge in [0.15, 0.2) is 0 Å². The van der Waals surface area contributed by atoms with Crippen LogP contribution in [0.5, 0.6) is 0 Å². The van der Waals surface area contributed by atoms with E-state index in [4.69, 9.17) is 5.11 Å². The van der Waals surface area contributed by atoms with Gasteiger partial charge in [-0.1, -0.05) is 6.92 Å². The molecule has 104 valence electrons. The van der Waals surface area contributed by atoms with Gasteiger partial charge >= 0.3 is 12.0 Å². The summed E-state index contributed by atoms with van der Waals surface area (Å²) in [6.07, 6.45) is 1.50. The second-order valence-corrected chi connectivity index (χ2v) is 5.65. The SMILES string of the molecule is CCc1ccsc1CNC(=O)N1CCC(C(=O)O)C1. The summed E-state index contributed by atoms with van der Waals surface area (Å²) in [5.74, 6) is -1.24. The molecule has 0 spiro atoms. The quantitative estimate of drug-likeness (QED) is 0.886. The topological polar surface area (TPSA) is 69.6 Å². The van der Waals surface area contributed by atoms with Crippen LogP contribution in [0.4, 0.5) is 4.79 Å². The van der Waals surface area contributed by atoms with E-state index >= 15 is 0 Å². The molecule has 1 atom stereocenters. The molecule has 2 heterocycles. The zero-order valence-corrected chi connectivity index (χ0v) is 11.7.